The Labute approximate surface area is 118 Å². The molecule has 5 heteroatoms. The standard InChI is InChI=1S/C15H20N4O/c1-11(2)14(12-6-4-3-5-7-12)15(20)16-9-8-13-17-10-18-19-13/h3-7,10-11,14H,8-9H2,1-2H3,(H,16,20)(H,17,18,19). The van der Waals surface area contributed by atoms with Crippen molar-refractivity contribution in [1.82, 2.24) is 20.5 Å². The fourth-order valence-corrected chi connectivity index (χ4v) is 2.26. The molecule has 1 atom stereocenters. The lowest BCUT2D eigenvalue weighted by molar-refractivity contribution is -0.123. The Morgan fingerprint density at radius 3 is 2.65 bits per heavy atom. The summed E-state index contributed by atoms with van der Waals surface area (Å²) in [5.74, 6) is 0.977. The summed E-state index contributed by atoms with van der Waals surface area (Å²) in [5.41, 5.74) is 1.06. The molecule has 0 radical (unpaired) electrons. The van der Waals surface area contributed by atoms with E-state index >= 15 is 0 Å². The summed E-state index contributed by atoms with van der Waals surface area (Å²) in [6.45, 7) is 4.69. The van der Waals surface area contributed by atoms with Crippen molar-refractivity contribution in [2.24, 2.45) is 5.92 Å². The molecule has 5 nitrogen and oxygen atoms in total. The predicted octanol–water partition coefficient (Wildman–Crippen LogP) is 1.90. The zero-order chi connectivity index (χ0) is 14.4. The summed E-state index contributed by atoms with van der Waals surface area (Å²) < 4.78 is 0. The van der Waals surface area contributed by atoms with Gasteiger partial charge in [0.1, 0.15) is 12.2 Å². The first-order valence-electron chi connectivity index (χ1n) is 6.85. The number of H-pyrrole nitrogens is 1. The minimum absolute atomic E-state index is 0.0608. The van der Waals surface area contributed by atoms with E-state index in [1.807, 2.05) is 30.3 Å². The summed E-state index contributed by atoms with van der Waals surface area (Å²) in [6.07, 6.45) is 2.13. The molecule has 106 valence electrons. The first-order valence-corrected chi connectivity index (χ1v) is 6.85. The smallest absolute Gasteiger partial charge is 0.227 e. The van der Waals surface area contributed by atoms with Crippen molar-refractivity contribution in [3.05, 3.63) is 48.0 Å². The molecule has 1 aromatic heterocycles. The van der Waals surface area contributed by atoms with E-state index in [0.29, 0.717) is 13.0 Å². The van der Waals surface area contributed by atoms with Gasteiger partial charge in [-0.2, -0.15) is 5.10 Å². The van der Waals surface area contributed by atoms with Crippen LogP contribution in [0.1, 0.15) is 31.2 Å². The molecule has 0 fully saturated rings. The van der Waals surface area contributed by atoms with Gasteiger partial charge in [0.05, 0.1) is 5.92 Å². The highest BCUT2D eigenvalue weighted by Gasteiger charge is 2.23. The average molecular weight is 272 g/mol. The van der Waals surface area contributed by atoms with Crippen molar-refractivity contribution in [3.8, 4) is 0 Å². The van der Waals surface area contributed by atoms with Crippen LogP contribution in [0, 0.1) is 5.92 Å². The fraction of sp³-hybridized carbons (Fsp3) is 0.400. The number of aromatic nitrogens is 3. The van der Waals surface area contributed by atoms with E-state index in [-0.39, 0.29) is 17.7 Å². The summed E-state index contributed by atoms with van der Waals surface area (Å²) in [6, 6.07) is 9.89. The Hall–Kier alpha value is -2.17. The second-order valence-corrected chi connectivity index (χ2v) is 5.11. The number of aromatic amines is 1. The van der Waals surface area contributed by atoms with Gasteiger partial charge in [0.25, 0.3) is 0 Å². The van der Waals surface area contributed by atoms with E-state index < -0.39 is 0 Å². The fourth-order valence-electron chi connectivity index (χ4n) is 2.26. The third-order valence-corrected chi connectivity index (χ3v) is 3.23. The number of rotatable bonds is 6. The maximum atomic E-state index is 12.4. The van der Waals surface area contributed by atoms with Gasteiger partial charge in [0, 0.05) is 13.0 Å². The Morgan fingerprint density at radius 2 is 2.05 bits per heavy atom. The highest BCUT2D eigenvalue weighted by atomic mass is 16.1. The van der Waals surface area contributed by atoms with Gasteiger partial charge < -0.3 is 5.32 Å². The number of nitrogens with zero attached hydrogens (tertiary/aromatic N) is 2. The maximum absolute atomic E-state index is 12.4. The van der Waals surface area contributed by atoms with Crippen LogP contribution in [0.4, 0.5) is 0 Å². The second-order valence-electron chi connectivity index (χ2n) is 5.11. The third-order valence-electron chi connectivity index (χ3n) is 3.23. The van der Waals surface area contributed by atoms with Crippen molar-refractivity contribution < 1.29 is 4.79 Å². The molecule has 0 bridgehead atoms. The quantitative estimate of drug-likeness (QED) is 0.843. The maximum Gasteiger partial charge on any atom is 0.227 e. The molecule has 1 heterocycles. The number of hydrogen-bond acceptors (Lipinski definition) is 3. The van der Waals surface area contributed by atoms with Crippen molar-refractivity contribution in [2.45, 2.75) is 26.2 Å². The van der Waals surface area contributed by atoms with Crippen LogP contribution in [0.3, 0.4) is 0 Å². The van der Waals surface area contributed by atoms with Crippen LogP contribution >= 0.6 is 0 Å². The van der Waals surface area contributed by atoms with Crippen molar-refractivity contribution >= 4 is 5.91 Å². The average Bonchev–Trinajstić information content (AvgIpc) is 2.93. The highest BCUT2D eigenvalue weighted by Crippen LogP contribution is 2.24. The van der Waals surface area contributed by atoms with E-state index in [1.54, 1.807) is 0 Å². The number of benzene rings is 1. The van der Waals surface area contributed by atoms with Crippen molar-refractivity contribution in [1.29, 1.82) is 0 Å². The van der Waals surface area contributed by atoms with Gasteiger partial charge in [-0.3, -0.25) is 9.89 Å². The Morgan fingerprint density at radius 1 is 1.30 bits per heavy atom. The first kappa shape index (κ1) is 14.2. The van der Waals surface area contributed by atoms with E-state index in [1.165, 1.54) is 6.33 Å². The van der Waals surface area contributed by atoms with Gasteiger partial charge in [-0.25, -0.2) is 4.98 Å². The van der Waals surface area contributed by atoms with Crippen LogP contribution in [-0.4, -0.2) is 27.6 Å². The lowest BCUT2D eigenvalue weighted by Crippen LogP contribution is -2.33. The molecular weight excluding hydrogens is 252 g/mol. The van der Waals surface area contributed by atoms with Gasteiger partial charge in [-0.1, -0.05) is 44.2 Å². The number of nitrogens with one attached hydrogen (secondary N) is 2. The minimum atomic E-state index is -0.120. The topological polar surface area (TPSA) is 70.7 Å². The van der Waals surface area contributed by atoms with Crippen LogP contribution in [-0.2, 0) is 11.2 Å². The molecule has 0 spiro atoms. The van der Waals surface area contributed by atoms with Gasteiger partial charge >= 0.3 is 0 Å². The van der Waals surface area contributed by atoms with Crippen LogP contribution in [0.5, 0.6) is 0 Å². The molecule has 1 unspecified atom stereocenters. The van der Waals surface area contributed by atoms with Crippen LogP contribution < -0.4 is 5.32 Å². The molecule has 0 saturated carbocycles. The molecule has 0 saturated heterocycles. The molecule has 0 aliphatic rings. The molecule has 1 aromatic carbocycles. The molecule has 1 amide bonds. The molecule has 0 aliphatic carbocycles. The largest absolute Gasteiger partial charge is 0.355 e. The highest BCUT2D eigenvalue weighted by molar-refractivity contribution is 5.83. The Balaban J connectivity index is 1.94. The molecular formula is C15H20N4O. The van der Waals surface area contributed by atoms with Gasteiger partial charge in [-0.15, -0.1) is 0 Å². The second kappa shape index (κ2) is 6.84. The summed E-state index contributed by atoms with van der Waals surface area (Å²) in [7, 11) is 0. The number of amides is 1. The normalized spacial score (nSPS) is 12.3. The zero-order valence-corrected chi connectivity index (χ0v) is 11.8. The first-order chi connectivity index (χ1) is 9.68. The van der Waals surface area contributed by atoms with E-state index in [0.717, 1.165) is 11.4 Å². The number of carbonyl (C=O) groups is 1. The van der Waals surface area contributed by atoms with E-state index in [2.05, 4.69) is 34.3 Å². The van der Waals surface area contributed by atoms with Crippen LogP contribution in [0.2, 0.25) is 0 Å². The van der Waals surface area contributed by atoms with Crippen molar-refractivity contribution in [2.75, 3.05) is 6.54 Å². The minimum Gasteiger partial charge on any atom is -0.355 e. The zero-order valence-electron chi connectivity index (χ0n) is 11.8. The van der Waals surface area contributed by atoms with Gasteiger partial charge in [-0.05, 0) is 11.5 Å². The molecule has 2 N–H and O–H groups in total. The summed E-state index contributed by atoms with van der Waals surface area (Å²) >= 11 is 0. The molecule has 0 aliphatic heterocycles. The third kappa shape index (κ3) is 3.66. The van der Waals surface area contributed by atoms with Crippen LogP contribution in [0.25, 0.3) is 0 Å². The summed E-state index contributed by atoms with van der Waals surface area (Å²) in [4.78, 5) is 16.4. The Kier molecular flexibility index (Phi) is 4.87. The lowest BCUT2D eigenvalue weighted by Gasteiger charge is -2.20. The molecule has 20 heavy (non-hydrogen) atoms. The summed E-state index contributed by atoms with van der Waals surface area (Å²) in [5, 5.41) is 9.54. The number of hydrogen-bond donors (Lipinski definition) is 2. The Bertz CT molecular complexity index is 522. The monoisotopic (exact) mass is 272 g/mol. The van der Waals surface area contributed by atoms with Gasteiger partial charge in [0.15, 0.2) is 0 Å². The lowest BCUT2D eigenvalue weighted by atomic mass is 9.87. The van der Waals surface area contributed by atoms with Crippen molar-refractivity contribution in [3.63, 3.8) is 0 Å². The van der Waals surface area contributed by atoms with Gasteiger partial charge in [0.2, 0.25) is 5.91 Å². The molecule has 2 rings (SSSR count). The SMILES string of the molecule is CC(C)C(C(=O)NCCc1ncn[nH]1)c1ccccc1. The van der Waals surface area contributed by atoms with E-state index in [9.17, 15) is 4.79 Å². The predicted molar refractivity (Wildman–Crippen MR) is 77.1 cm³/mol. The number of carbonyl (C=O) groups excluding carboxylic acids is 1. The van der Waals surface area contributed by atoms with E-state index in [4.69, 9.17) is 0 Å². The van der Waals surface area contributed by atoms with Crippen LogP contribution in [0.15, 0.2) is 36.7 Å². The molecule has 2 aromatic rings.